The first kappa shape index (κ1) is 19.6. The summed E-state index contributed by atoms with van der Waals surface area (Å²) in [4.78, 5) is 9.38. The van der Waals surface area contributed by atoms with Crippen LogP contribution in [0.1, 0.15) is 12.8 Å². The Morgan fingerprint density at radius 2 is 1.88 bits per heavy atom. The molecule has 0 saturated heterocycles. The van der Waals surface area contributed by atoms with Crippen LogP contribution in [0.2, 0.25) is 0 Å². The fourth-order valence-corrected chi connectivity index (χ4v) is 4.09. The number of sulfonamides is 1. The van der Waals surface area contributed by atoms with E-state index in [9.17, 15) is 26.9 Å². The SMILES string of the molecule is N#CC=CS(=O)(=O)c1ccccc1NS(=O)(=O)CCCC[N+](=O)[O-]. The smallest absolute Gasteiger partial charge is 0.232 e. The van der Waals surface area contributed by atoms with Crippen molar-refractivity contribution in [3.63, 3.8) is 0 Å². The molecule has 0 unspecified atom stereocenters. The summed E-state index contributed by atoms with van der Waals surface area (Å²) >= 11 is 0. The summed E-state index contributed by atoms with van der Waals surface area (Å²) in [6, 6.07) is 6.92. The monoisotopic (exact) mass is 373 g/mol. The highest BCUT2D eigenvalue weighted by molar-refractivity contribution is 7.95. The molecule has 0 fully saturated rings. The van der Waals surface area contributed by atoms with Gasteiger partial charge in [0.1, 0.15) is 0 Å². The molecule has 0 spiro atoms. The molecule has 1 aromatic carbocycles. The molecule has 24 heavy (non-hydrogen) atoms. The molecule has 1 N–H and O–H groups in total. The second-order valence-electron chi connectivity index (χ2n) is 4.66. The van der Waals surface area contributed by atoms with Gasteiger partial charge in [-0.05, 0) is 18.6 Å². The Hall–Kier alpha value is -2.45. The van der Waals surface area contributed by atoms with E-state index in [0.717, 1.165) is 6.08 Å². The van der Waals surface area contributed by atoms with Gasteiger partial charge in [-0.2, -0.15) is 5.26 Å². The minimum Gasteiger partial charge on any atom is -0.282 e. The highest BCUT2D eigenvalue weighted by Gasteiger charge is 2.19. The molecule has 0 bridgehead atoms. The van der Waals surface area contributed by atoms with Gasteiger partial charge in [-0.15, -0.1) is 0 Å². The van der Waals surface area contributed by atoms with Crippen molar-refractivity contribution in [3.05, 3.63) is 45.9 Å². The van der Waals surface area contributed by atoms with E-state index in [4.69, 9.17) is 5.26 Å². The van der Waals surface area contributed by atoms with Crippen LogP contribution >= 0.6 is 0 Å². The van der Waals surface area contributed by atoms with E-state index in [1.54, 1.807) is 6.07 Å². The van der Waals surface area contributed by atoms with Crippen molar-refractivity contribution in [1.82, 2.24) is 0 Å². The second-order valence-corrected chi connectivity index (χ2v) is 8.30. The predicted octanol–water partition coefficient (Wildman–Crippen LogP) is 1.30. The summed E-state index contributed by atoms with van der Waals surface area (Å²) < 4.78 is 50.3. The summed E-state index contributed by atoms with van der Waals surface area (Å²) in [6.07, 6.45) is 0.941. The van der Waals surface area contributed by atoms with Crippen molar-refractivity contribution >= 4 is 25.5 Å². The zero-order valence-corrected chi connectivity index (χ0v) is 14.1. The van der Waals surface area contributed by atoms with E-state index in [1.165, 1.54) is 24.3 Å². The number of anilines is 1. The highest BCUT2D eigenvalue weighted by atomic mass is 32.2. The van der Waals surface area contributed by atoms with E-state index < -0.39 is 24.8 Å². The normalized spacial score (nSPS) is 12.0. The van der Waals surface area contributed by atoms with Crippen molar-refractivity contribution in [2.24, 2.45) is 0 Å². The summed E-state index contributed by atoms with van der Waals surface area (Å²) in [6.45, 7) is -0.334. The van der Waals surface area contributed by atoms with Gasteiger partial charge in [0.05, 0.1) is 22.4 Å². The molecule has 0 aliphatic heterocycles. The van der Waals surface area contributed by atoms with Gasteiger partial charge < -0.3 is 0 Å². The summed E-state index contributed by atoms with van der Waals surface area (Å²) in [5, 5.41) is 19.3. The number of benzene rings is 1. The van der Waals surface area contributed by atoms with Gasteiger partial charge in [0, 0.05) is 22.8 Å². The number of nitrogens with one attached hydrogen (secondary N) is 1. The Labute approximate surface area is 139 Å². The Morgan fingerprint density at radius 1 is 1.21 bits per heavy atom. The average molecular weight is 373 g/mol. The Kier molecular flexibility index (Phi) is 6.87. The van der Waals surface area contributed by atoms with Crippen LogP contribution in [0.15, 0.2) is 40.6 Å². The average Bonchev–Trinajstić information content (AvgIpc) is 2.49. The maximum absolute atomic E-state index is 12.1. The van der Waals surface area contributed by atoms with E-state index in [1.807, 2.05) is 0 Å². The molecule has 11 heteroatoms. The number of unbranched alkanes of at least 4 members (excludes halogenated alkanes) is 1. The second kappa shape index (κ2) is 8.42. The van der Waals surface area contributed by atoms with Gasteiger partial charge in [0.25, 0.3) is 0 Å². The van der Waals surface area contributed by atoms with E-state index >= 15 is 0 Å². The number of allylic oxidation sites excluding steroid dienone is 1. The fraction of sp³-hybridized carbons (Fsp3) is 0.308. The third-order valence-corrected chi connectivity index (χ3v) is 5.61. The first-order valence-corrected chi connectivity index (χ1v) is 9.90. The number of hydrogen-bond acceptors (Lipinski definition) is 7. The van der Waals surface area contributed by atoms with E-state index in [-0.39, 0.29) is 35.7 Å². The summed E-state index contributed by atoms with van der Waals surface area (Å²) in [5.41, 5.74) is -0.144. The van der Waals surface area contributed by atoms with Crippen LogP contribution in [-0.4, -0.2) is 34.1 Å². The standard InChI is InChI=1S/C13H15N3O6S2/c14-8-5-10-23(19,20)13-7-2-1-6-12(13)15-24(21,22)11-4-3-9-16(17)18/h1-2,5-7,10,15H,3-4,9,11H2. The zero-order valence-electron chi connectivity index (χ0n) is 12.5. The van der Waals surface area contributed by atoms with Crippen LogP contribution in [0.3, 0.4) is 0 Å². The van der Waals surface area contributed by atoms with Crippen LogP contribution in [0, 0.1) is 21.4 Å². The first-order valence-electron chi connectivity index (χ1n) is 6.70. The van der Waals surface area contributed by atoms with Crippen LogP contribution in [0.5, 0.6) is 0 Å². The number of hydrogen-bond donors (Lipinski definition) is 1. The van der Waals surface area contributed by atoms with Gasteiger partial charge in [0.15, 0.2) is 0 Å². The number of nitriles is 1. The van der Waals surface area contributed by atoms with E-state index in [0.29, 0.717) is 5.41 Å². The lowest BCUT2D eigenvalue weighted by Crippen LogP contribution is -2.19. The molecule has 0 aliphatic carbocycles. The molecule has 0 amide bonds. The molecule has 0 atom stereocenters. The molecular weight excluding hydrogens is 358 g/mol. The molecule has 0 heterocycles. The quantitative estimate of drug-likeness (QED) is 0.297. The summed E-state index contributed by atoms with van der Waals surface area (Å²) in [5.74, 6) is -0.372. The number of sulfone groups is 1. The van der Waals surface area contributed by atoms with Crippen LogP contribution in [0.4, 0.5) is 5.69 Å². The minimum absolute atomic E-state index is 0.0690. The van der Waals surface area contributed by atoms with Gasteiger partial charge in [-0.25, -0.2) is 16.8 Å². The topological polar surface area (TPSA) is 147 Å². The lowest BCUT2D eigenvalue weighted by molar-refractivity contribution is -0.480. The minimum atomic E-state index is -3.98. The fourth-order valence-electron chi connectivity index (χ4n) is 1.74. The molecule has 9 nitrogen and oxygen atoms in total. The third-order valence-electron chi connectivity index (χ3n) is 2.78. The molecule has 0 aromatic heterocycles. The molecule has 1 aromatic rings. The van der Waals surface area contributed by atoms with Gasteiger partial charge in [-0.3, -0.25) is 14.8 Å². The highest BCUT2D eigenvalue weighted by Crippen LogP contribution is 2.24. The summed E-state index contributed by atoms with van der Waals surface area (Å²) in [7, 11) is -7.84. The van der Waals surface area contributed by atoms with Gasteiger partial charge >= 0.3 is 0 Å². The maximum atomic E-state index is 12.1. The predicted molar refractivity (Wildman–Crippen MR) is 86.9 cm³/mol. The lowest BCUT2D eigenvalue weighted by Gasteiger charge is -2.11. The Morgan fingerprint density at radius 3 is 2.50 bits per heavy atom. The largest absolute Gasteiger partial charge is 0.282 e. The first-order chi connectivity index (χ1) is 11.2. The molecule has 130 valence electrons. The van der Waals surface area contributed by atoms with Crippen LogP contribution in [-0.2, 0) is 19.9 Å². The van der Waals surface area contributed by atoms with Gasteiger partial charge in [-0.1, -0.05) is 12.1 Å². The number of nitrogens with zero attached hydrogens (tertiary/aromatic N) is 2. The third kappa shape index (κ3) is 6.35. The van der Waals surface area contributed by atoms with Crippen molar-refractivity contribution in [2.75, 3.05) is 17.0 Å². The molecule has 0 saturated carbocycles. The molecule has 0 aliphatic rings. The number of rotatable bonds is 9. The van der Waals surface area contributed by atoms with Crippen molar-refractivity contribution in [1.29, 1.82) is 5.26 Å². The van der Waals surface area contributed by atoms with Crippen LogP contribution in [0.25, 0.3) is 0 Å². The molecule has 0 radical (unpaired) electrons. The Bertz CT molecular complexity index is 869. The number of nitro groups is 1. The van der Waals surface area contributed by atoms with Crippen molar-refractivity contribution < 1.29 is 21.8 Å². The van der Waals surface area contributed by atoms with Crippen molar-refractivity contribution in [2.45, 2.75) is 17.7 Å². The van der Waals surface area contributed by atoms with Crippen LogP contribution < -0.4 is 4.72 Å². The van der Waals surface area contributed by atoms with Crippen molar-refractivity contribution in [3.8, 4) is 6.07 Å². The number of para-hydroxylation sites is 1. The maximum Gasteiger partial charge on any atom is 0.232 e. The lowest BCUT2D eigenvalue weighted by atomic mass is 10.3. The Balaban J connectivity index is 2.94. The van der Waals surface area contributed by atoms with E-state index in [2.05, 4.69) is 4.72 Å². The van der Waals surface area contributed by atoms with Gasteiger partial charge in [0.2, 0.25) is 26.4 Å². The molecular formula is C13H15N3O6S2. The molecule has 1 rings (SSSR count). The zero-order chi connectivity index (χ0) is 18.2.